The summed E-state index contributed by atoms with van der Waals surface area (Å²) in [5, 5.41) is 6.94. The highest BCUT2D eigenvalue weighted by Gasteiger charge is 2.31. The fraction of sp³-hybridized carbons (Fsp3) is 0.786. The summed E-state index contributed by atoms with van der Waals surface area (Å²) in [5.41, 5.74) is 0. The van der Waals surface area contributed by atoms with Gasteiger partial charge >= 0.3 is 0 Å². The second-order valence-electron chi connectivity index (χ2n) is 5.74. The van der Waals surface area contributed by atoms with Crippen LogP contribution < -0.4 is 5.32 Å². The van der Waals surface area contributed by atoms with Crippen molar-refractivity contribution in [2.75, 3.05) is 26.2 Å². The van der Waals surface area contributed by atoms with E-state index in [1.165, 1.54) is 0 Å². The number of amides is 1. The Balaban J connectivity index is 1.49. The van der Waals surface area contributed by atoms with Gasteiger partial charge < -0.3 is 14.6 Å². The molecule has 7 heteroatoms. The minimum absolute atomic E-state index is 0.0395. The minimum atomic E-state index is 0.0395. The summed E-state index contributed by atoms with van der Waals surface area (Å²) in [6, 6.07) is 0.0935. The molecule has 116 valence electrons. The van der Waals surface area contributed by atoms with Gasteiger partial charge in [0.1, 0.15) is 0 Å². The highest BCUT2D eigenvalue weighted by molar-refractivity contribution is 5.78. The van der Waals surface area contributed by atoms with Gasteiger partial charge in [0.25, 0.3) is 0 Å². The fourth-order valence-electron chi connectivity index (χ4n) is 3.03. The first-order chi connectivity index (χ1) is 10.2. The number of carbonyl (C=O) groups excluding carboxylic acids is 1. The Morgan fingerprint density at radius 2 is 2.33 bits per heavy atom. The maximum atomic E-state index is 12.1. The summed E-state index contributed by atoms with van der Waals surface area (Å²) in [6.45, 7) is 4.48. The predicted octanol–water partition coefficient (Wildman–Crippen LogP) is 0.810. The van der Waals surface area contributed by atoms with Crippen molar-refractivity contribution < 1.29 is 14.1 Å². The number of likely N-dealkylation sites (tertiary alicyclic amines) is 1. The van der Waals surface area contributed by atoms with Gasteiger partial charge in [0.2, 0.25) is 11.8 Å². The van der Waals surface area contributed by atoms with Crippen LogP contribution in [0.25, 0.3) is 0 Å². The molecule has 0 saturated carbocycles. The van der Waals surface area contributed by atoms with Crippen LogP contribution in [0.3, 0.4) is 0 Å². The van der Waals surface area contributed by atoms with E-state index in [1.54, 1.807) is 6.92 Å². The van der Waals surface area contributed by atoms with Gasteiger partial charge in [-0.05, 0) is 32.2 Å². The molecule has 3 rings (SSSR count). The van der Waals surface area contributed by atoms with Crippen molar-refractivity contribution in [3.63, 3.8) is 0 Å². The van der Waals surface area contributed by atoms with Crippen molar-refractivity contribution in [1.82, 2.24) is 20.4 Å². The standard InChI is InChI=1S/C14H22N4O3/c1-10-16-14(17-21-10)12-5-2-6-18(12)9-13(19)15-8-11-4-3-7-20-11/h11-12H,2-9H2,1H3,(H,15,19). The molecular formula is C14H22N4O3. The number of ether oxygens (including phenoxy) is 1. The van der Waals surface area contributed by atoms with Gasteiger partial charge in [-0.25, -0.2) is 0 Å². The van der Waals surface area contributed by atoms with E-state index in [-0.39, 0.29) is 18.1 Å². The second kappa shape index (κ2) is 6.53. The lowest BCUT2D eigenvalue weighted by Crippen LogP contribution is -2.40. The molecule has 7 nitrogen and oxygen atoms in total. The molecule has 1 aromatic heterocycles. The fourth-order valence-corrected chi connectivity index (χ4v) is 3.03. The van der Waals surface area contributed by atoms with E-state index in [0.717, 1.165) is 38.8 Å². The average molecular weight is 294 g/mol. The van der Waals surface area contributed by atoms with Crippen LogP contribution >= 0.6 is 0 Å². The van der Waals surface area contributed by atoms with E-state index in [0.29, 0.717) is 24.8 Å². The Kier molecular flexibility index (Phi) is 4.50. The topological polar surface area (TPSA) is 80.5 Å². The Labute approximate surface area is 124 Å². The third-order valence-corrected chi connectivity index (χ3v) is 4.10. The van der Waals surface area contributed by atoms with Crippen LogP contribution in [0.1, 0.15) is 43.4 Å². The molecule has 1 N–H and O–H groups in total. The summed E-state index contributed by atoms with van der Waals surface area (Å²) >= 11 is 0. The molecule has 2 aliphatic heterocycles. The van der Waals surface area contributed by atoms with Crippen molar-refractivity contribution >= 4 is 5.91 Å². The smallest absolute Gasteiger partial charge is 0.234 e. The van der Waals surface area contributed by atoms with Crippen LogP contribution in [0.5, 0.6) is 0 Å². The van der Waals surface area contributed by atoms with Crippen molar-refractivity contribution in [3.8, 4) is 0 Å². The van der Waals surface area contributed by atoms with E-state index in [9.17, 15) is 4.79 Å². The van der Waals surface area contributed by atoms with Gasteiger partial charge in [-0.15, -0.1) is 0 Å². The third-order valence-electron chi connectivity index (χ3n) is 4.10. The largest absolute Gasteiger partial charge is 0.376 e. The Hall–Kier alpha value is -1.47. The molecule has 3 heterocycles. The quantitative estimate of drug-likeness (QED) is 0.865. The van der Waals surface area contributed by atoms with E-state index in [4.69, 9.17) is 9.26 Å². The van der Waals surface area contributed by atoms with Gasteiger partial charge in [-0.1, -0.05) is 5.16 Å². The molecular weight excluding hydrogens is 272 g/mol. The number of nitrogens with zero attached hydrogens (tertiary/aromatic N) is 3. The maximum absolute atomic E-state index is 12.1. The summed E-state index contributed by atoms with van der Waals surface area (Å²) in [7, 11) is 0. The average Bonchev–Trinajstić information content (AvgIpc) is 3.17. The number of aromatic nitrogens is 2. The number of hydrogen-bond donors (Lipinski definition) is 1. The number of rotatable bonds is 5. The van der Waals surface area contributed by atoms with Crippen molar-refractivity contribution in [2.24, 2.45) is 0 Å². The van der Waals surface area contributed by atoms with Crippen LogP contribution in [0.4, 0.5) is 0 Å². The molecule has 0 aliphatic carbocycles. The number of hydrogen-bond acceptors (Lipinski definition) is 6. The zero-order valence-corrected chi connectivity index (χ0v) is 12.4. The van der Waals surface area contributed by atoms with Crippen LogP contribution in [0.15, 0.2) is 4.52 Å². The Morgan fingerprint density at radius 3 is 3.05 bits per heavy atom. The first-order valence-corrected chi connectivity index (χ1v) is 7.65. The molecule has 2 fully saturated rings. The highest BCUT2D eigenvalue weighted by atomic mass is 16.5. The molecule has 2 aliphatic rings. The van der Waals surface area contributed by atoms with E-state index < -0.39 is 0 Å². The van der Waals surface area contributed by atoms with Crippen LogP contribution in [0, 0.1) is 6.92 Å². The van der Waals surface area contributed by atoms with Gasteiger partial charge in [0, 0.05) is 20.1 Å². The summed E-state index contributed by atoms with van der Waals surface area (Å²) in [6.07, 6.45) is 4.33. The lowest BCUT2D eigenvalue weighted by molar-refractivity contribution is -0.123. The lowest BCUT2D eigenvalue weighted by atomic mass is 10.2. The second-order valence-corrected chi connectivity index (χ2v) is 5.74. The lowest BCUT2D eigenvalue weighted by Gasteiger charge is -2.21. The third kappa shape index (κ3) is 3.59. The van der Waals surface area contributed by atoms with Crippen LogP contribution in [0.2, 0.25) is 0 Å². The Morgan fingerprint density at radius 1 is 1.43 bits per heavy atom. The molecule has 1 amide bonds. The zero-order valence-electron chi connectivity index (χ0n) is 12.4. The predicted molar refractivity (Wildman–Crippen MR) is 74.6 cm³/mol. The monoisotopic (exact) mass is 294 g/mol. The first-order valence-electron chi connectivity index (χ1n) is 7.65. The van der Waals surface area contributed by atoms with Crippen LogP contribution in [-0.2, 0) is 9.53 Å². The molecule has 0 spiro atoms. The zero-order chi connectivity index (χ0) is 14.7. The summed E-state index contributed by atoms with van der Waals surface area (Å²) in [5.74, 6) is 1.30. The molecule has 2 saturated heterocycles. The normalized spacial score (nSPS) is 26.3. The number of carbonyl (C=O) groups is 1. The van der Waals surface area contributed by atoms with Gasteiger partial charge in [-0.3, -0.25) is 9.69 Å². The number of nitrogens with one attached hydrogen (secondary N) is 1. The number of aryl methyl sites for hydroxylation is 1. The highest BCUT2D eigenvalue weighted by Crippen LogP contribution is 2.29. The molecule has 0 aromatic carbocycles. The van der Waals surface area contributed by atoms with E-state index >= 15 is 0 Å². The molecule has 21 heavy (non-hydrogen) atoms. The van der Waals surface area contributed by atoms with Crippen molar-refractivity contribution in [3.05, 3.63) is 11.7 Å². The maximum Gasteiger partial charge on any atom is 0.234 e. The van der Waals surface area contributed by atoms with Gasteiger partial charge in [0.05, 0.1) is 18.7 Å². The summed E-state index contributed by atoms with van der Waals surface area (Å²) < 4.78 is 10.5. The Bertz CT molecular complexity index is 484. The van der Waals surface area contributed by atoms with Gasteiger partial charge in [-0.2, -0.15) is 4.98 Å². The molecule has 2 atom stereocenters. The van der Waals surface area contributed by atoms with Crippen molar-refractivity contribution in [2.45, 2.75) is 44.8 Å². The molecule has 1 aromatic rings. The van der Waals surface area contributed by atoms with Crippen molar-refractivity contribution in [1.29, 1.82) is 0 Å². The van der Waals surface area contributed by atoms with Crippen LogP contribution in [-0.4, -0.2) is 53.3 Å². The summed E-state index contributed by atoms with van der Waals surface area (Å²) in [4.78, 5) is 18.5. The SMILES string of the molecule is Cc1nc(C2CCCN2CC(=O)NCC2CCCO2)no1. The van der Waals surface area contributed by atoms with E-state index in [2.05, 4.69) is 20.4 Å². The molecule has 0 bridgehead atoms. The minimum Gasteiger partial charge on any atom is -0.376 e. The first kappa shape index (κ1) is 14.5. The molecule has 2 unspecified atom stereocenters. The molecule has 0 radical (unpaired) electrons. The van der Waals surface area contributed by atoms with Gasteiger partial charge in [0.15, 0.2) is 5.82 Å². The van der Waals surface area contributed by atoms with E-state index in [1.807, 2.05) is 0 Å².